The second kappa shape index (κ2) is 2.89. The number of H-pyrrole nitrogens is 1. The van der Waals surface area contributed by atoms with Crippen LogP contribution in [-0.2, 0) is 27.8 Å². The molecule has 0 atom stereocenters. The number of aromatic nitrogens is 2. The third kappa shape index (κ3) is 1.55. The van der Waals surface area contributed by atoms with Gasteiger partial charge in [0.25, 0.3) is 5.16 Å². The smallest absolute Gasteiger partial charge is 0.328 e. The summed E-state index contributed by atoms with van der Waals surface area (Å²) < 4.78 is 30.1. The molecule has 0 bridgehead atoms. The largest absolute Gasteiger partial charge is 0.330 e. The number of hydrogen-bond acceptors (Lipinski definition) is 4. The zero-order valence-electron chi connectivity index (χ0n) is 7.15. The topological polar surface area (TPSA) is 100 Å². The summed E-state index contributed by atoms with van der Waals surface area (Å²) in [5.41, 5.74) is 1.05. The molecule has 76 valence electrons. The molecule has 0 fully saturated rings. The lowest BCUT2D eigenvalue weighted by Gasteiger charge is -2.06. The molecule has 1 aromatic rings. The SMILES string of the molecule is O=C1CCc2nc(S(=O)(=O)O)[nH]c2C1. The number of Topliss-reactive ketones (excluding diaryl/α,β-unsaturated/α-hetero) is 1. The number of rotatable bonds is 1. The molecule has 0 saturated carbocycles. The Bertz CT molecular complexity index is 488. The fraction of sp³-hybridized carbons (Fsp3) is 0.429. The lowest BCUT2D eigenvalue weighted by Crippen LogP contribution is -2.12. The van der Waals surface area contributed by atoms with Crippen molar-refractivity contribution < 1.29 is 17.8 Å². The summed E-state index contributed by atoms with van der Waals surface area (Å²) in [4.78, 5) is 17.2. The van der Waals surface area contributed by atoms with Gasteiger partial charge in [0.15, 0.2) is 0 Å². The predicted octanol–water partition coefficient (Wildman–Crippen LogP) is -0.286. The summed E-state index contributed by atoms with van der Waals surface area (Å²) in [6.45, 7) is 0. The zero-order valence-corrected chi connectivity index (χ0v) is 7.97. The highest BCUT2D eigenvalue weighted by Crippen LogP contribution is 2.18. The van der Waals surface area contributed by atoms with E-state index < -0.39 is 15.3 Å². The number of imidazole rings is 1. The highest BCUT2D eigenvalue weighted by molar-refractivity contribution is 7.85. The van der Waals surface area contributed by atoms with E-state index in [-0.39, 0.29) is 12.2 Å². The molecule has 1 aromatic heterocycles. The molecule has 0 aliphatic heterocycles. The number of nitrogens with one attached hydrogen (secondary N) is 1. The fourth-order valence-electron chi connectivity index (χ4n) is 1.44. The van der Waals surface area contributed by atoms with Crippen LogP contribution in [0.2, 0.25) is 0 Å². The van der Waals surface area contributed by atoms with Crippen LogP contribution in [-0.4, -0.2) is 28.7 Å². The highest BCUT2D eigenvalue weighted by atomic mass is 32.2. The van der Waals surface area contributed by atoms with Crippen molar-refractivity contribution >= 4 is 15.9 Å². The molecule has 14 heavy (non-hydrogen) atoms. The summed E-state index contributed by atoms with van der Waals surface area (Å²) >= 11 is 0. The van der Waals surface area contributed by atoms with E-state index in [1.807, 2.05) is 0 Å². The van der Waals surface area contributed by atoms with Gasteiger partial charge in [-0.3, -0.25) is 9.35 Å². The fourth-order valence-corrected chi connectivity index (χ4v) is 1.92. The van der Waals surface area contributed by atoms with E-state index in [9.17, 15) is 13.2 Å². The van der Waals surface area contributed by atoms with Gasteiger partial charge in [0.1, 0.15) is 5.78 Å². The lowest BCUT2D eigenvalue weighted by molar-refractivity contribution is -0.118. The van der Waals surface area contributed by atoms with Crippen LogP contribution in [0.1, 0.15) is 17.8 Å². The van der Waals surface area contributed by atoms with Crippen LogP contribution in [0.5, 0.6) is 0 Å². The first-order chi connectivity index (χ1) is 6.47. The molecule has 2 rings (SSSR count). The molecule has 0 radical (unpaired) electrons. The van der Waals surface area contributed by atoms with Gasteiger partial charge in [-0.1, -0.05) is 0 Å². The standard InChI is InChI=1S/C7H8N2O4S/c10-4-1-2-5-6(3-4)9-7(8-5)14(11,12)13/h1-3H2,(H,8,9)(H,11,12,13). The van der Waals surface area contributed by atoms with Crippen LogP contribution in [0.15, 0.2) is 5.16 Å². The number of aryl methyl sites for hydroxylation is 1. The summed E-state index contributed by atoms with van der Waals surface area (Å²) in [6, 6.07) is 0. The second-order valence-corrected chi connectivity index (χ2v) is 4.49. The molecule has 0 spiro atoms. The van der Waals surface area contributed by atoms with Crippen molar-refractivity contribution in [2.45, 2.75) is 24.4 Å². The van der Waals surface area contributed by atoms with Gasteiger partial charge in [-0.15, -0.1) is 0 Å². The average molecular weight is 216 g/mol. The highest BCUT2D eigenvalue weighted by Gasteiger charge is 2.23. The van der Waals surface area contributed by atoms with Crippen molar-refractivity contribution in [3.05, 3.63) is 11.4 Å². The molecular formula is C7H8N2O4S. The Morgan fingerprint density at radius 2 is 2.07 bits per heavy atom. The van der Waals surface area contributed by atoms with Crippen molar-refractivity contribution in [2.75, 3.05) is 0 Å². The lowest BCUT2D eigenvalue weighted by atomic mass is 10.0. The van der Waals surface area contributed by atoms with Gasteiger partial charge in [0.2, 0.25) is 0 Å². The Kier molecular flexibility index (Phi) is 1.93. The minimum atomic E-state index is -4.29. The molecule has 7 heteroatoms. The maximum absolute atomic E-state index is 11.0. The normalized spacial score (nSPS) is 16.8. The number of hydrogen-bond donors (Lipinski definition) is 2. The second-order valence-electron chi connectivity index (χ2n) is 3.16. The quantitative estimate of drug-likeness (QED) is 0.628. The van der Waals surface area contributed by atoms with Gasteiger partial charge < -0.3 is 4.98 Å². The van der Waals surface area contributed by atoms with Gasteiger partial charge in [0.05, 0.1) is 5.69 Å². The number of carbonyl (C=O) groups excluding carboxylic acids is 1. The minimum Gasteiger partial charge on any atom is -0.330 e. The van der Waals surface area contributed by atoms with E-state index in [2.05, 4.69) is 9.97 Å². The zero-order chi connectivity index (χ0) is 10.3. The van der Waals surface area contributed by atoms with E-state index in [4.69, 9.17) is 4.55 Å². The Hall–Kier alpha value is -1.21. The van der Waals surface area contributed by atoms with Crippen LogP contribution >= 0.6 is 0 Å². The summed E-state index contributed by atoms with van der Waals surface area (Å²) in [5.74, 6) is 0.0445. The number of ketones is 1. The predicted molar refractivity (Wildman–Crippen MR) is 45.4 cm³/mol. The first-order valence-corrected chi connectivity index (χ1v) is 5.48. The molecular weight excluding hydrogens is 208 g/mol. The first-order valence-electron chi connectivity index (χ1n) is 4.04. The van der Waals surface area contributed by atoms with Gasteiger partial charge in [0, 0.05) is 18.5 Å². The van der Waals surface area contributed by atoms with Crippen LogP contribution in [0.3, 0.4) is 0 Å². The summed E-state index contributed by atoms with van der Waals surface area (Å²) in [7, 11) is -4.29. The monoisotopic (exact) mass is 216 g/mol. The van der Waals surface area contributed by atoms with Crippen LogP contribution in [0, 0.1) is 0 Å². The van der Waals surface area contributed by atoms with Crippen molar-refractivity contribution in [3.63, 3.8) is 0 Å². The number of aromatic amines is 1. The van der Waals surface area contributed by atoms with E-state index in [1.54, 1.807) is 0 Å². The van der Waals surface area contributed by atoms with Crippen LogP contribution in [0.25, 0.3) is 0 Å². The van der Waals surface area contributed by atoms with Crippen molar-refractivity contribution in [1.29, 1.82) is 0 Å². The summed E-state index contributed by atoms with van der Waals surface area (Å²) in [5, 5.41) is -0.475. The molecule has 0 unspecified atom stereocenters. The average Bonchev–Trinajstić information content (AvgIpc) is 2.45. The van der Waals surface area contributed by atoms with Crippen molar-refractivity contribution in [2.24, 2.45) is 0 Å². The molecule has 1 aliphatic carbocycles. The van der Waals surface area contributed by atoms with Crippen molar-refractivity contribution in [3.8, 4) is 0 Å². The van der Waals surface area contributed by atoms with Gasteiger partial charge in [-0.25, -0.2) is 4.98 Å². The Morgan fingerprint density at radius 1 is 1.36 bits per heavy atom. The first kappa shape index (κ1) is 9.35. The molecule has 1 heterocycles. The Morgan fingerprint density at radius 3 is 2.71 bits per heavy atom. The maximum atomic E-state index is 11.0. The van der Waals surface area contributed by atoms with E-state index in [0.717, 1.165) is 0 Å². The minimum absolute atomic E-state index is 0.0445. The molecule has 1 aliphatic rings. The van der Waals surface area contributed by atoms with E-state index >= 15 is 0 Å². The van der Waals surface area contributed by atoms with Crippen LogP contribution in [0.4, 0.5) is 0 Å². The number of fused-ring (bicyclic) bond motifs is 1. The number of carbonyl (C=O) groups is 1. The van der Waals surface area contributed by atoms with Gasteiger partial charge in [-0.05, 0) is 6.42 Å². The van der Waals surface area contributed by atoms with Gasteiger partial charge >= 0.3 is 10.1 Å². The van der Waals surface area contributed by atoms with E-state index in [1.165, 1.54) is 0 Å². The third-order valence-electron chi connectivity index (χ3n) is 2.10. The third-order valence-corrected chi connectivity index (χ3v) is 2.78. The van der Waals surface area contributed by atoms with E-state index in [0.29, 0.717) is 24.2 Å². The maximum Gasteiger partial charge on any atom is 0.328 e. The molecule has 6 nitrogen and oxygen atoms in total. The molecule has 2 N–H and O–H groups in total. The molecule has 0 amide bonds. The van der Waals surface area contributed by atoms with Crippen molar-refractivity contribution in [1.82, 2.24) is 9.97 Å². The van der Waals surface area contributed by atoms with Gasteiger partial charge in [-0.2, -0.15) is 8.42 Å². The van der Waals surface area contributed by atoms with Crippen LogP contribution < -0.4 is 0 Å². The summed E-state index contributed by atoms with van der Waals surface area (Å²) in [6.07, 6.45) is 0.973. The number of nitrogens with zero attached hydrogens (tertiary/aromatic N) is 1. The Labute approximate surface area is 80.1 Å². The Balaban J connectivity index is 2.47. The molecule has 0 saturated heterocycles. The molecule has 0 aromatic carbocycles.